The maximum atomic E-state index is 15.2. The molecule has 1 fully saturated rings. The van der Waals surface area contributed by atoms with E-state index in [-0.39, 0.29) is 17.4 Å². The Kier molecular flexibility index (Phi) is 8.42. The van der Waals surface area contributed by atoms with Gasteiger partial charge in [0.2, 0.25) is 0 Å². The monoisotopic (exact) mass is 559 g/mol. The van der Waals surface area contributed by atoms with E-state index in [1.807, 2.05) is 30.1 Å². The molecule has 3 N–H and O–H groups in total. The zero-order valence-electron chi connectivity index (χ0n) is 24.1. The Hall–Kier alpha value is -3.75. The van der Waals surface area contributed by atoms with Crippen LogP contribution in [-0.4, -0.2) is 70.0 Å². The number of nitrogens with one attached hydrogen (secondary N) is 3. The standard InChI is InChI=1S/C32H40FN6O2/c1-3-14-37(16-11-22-9-10-22)31(41)38-17-12-23-19-27(33)26(18-25(23)21-38)30(40)36-32(2)13-6-7-24(20-32)29(35)39-15-5-4-8-28(39)34/h6-7,9-10,13,18-19,34-35H,3-5,8,11-12,14-17,20-21H2,1-2H3,(H,36,40). The molecule has 1 atom stereocenters. The molecule has 1 saturated heterocycles. The number of hydrogen-bond donors (Lipinski definition) is 3. The number of urea groups is 1. The fourth-order valence-electron chi connectivity index (χ4n) is 5.90. The van der Waals surface area contributed by atoms with E-state index >= 15 is 4.39 Å². The molecule has 2 aliphatic carbocycles. The van der Waals surface area contributed by atoms with Crippen molar-refractivity contribution in [1.29, 1.82) is 10.8 Å². The highest BCUT2D eigenvalue weighted by Gasteiger charge is 2.33. The molecule has 1 aromatic rings. The van der Waals surface area contributed by atoms with E-state index in [4.69, 9.17) is 10.8 Å². The minimum atomic E-state index is -0.815. The van der Waals surface area contributed by atoms with Crippen LogP contribution < -0.4 is 5.32 Å². The van der Waals surface area contributed by atoms with Crippen molar-refractivity contribution in [3.05, 3.63) is 76.5 Å². The maximum Gasteiger partial charge on any atom is 0.320 e. The average Bonchev–Trinajstić information content (AvgIpc) is 3.78. The number of allylic oxidation sites excluding steroid dienone is 3. The number of carbonyl (C=O) groups is 2. The second-order valence-corrected chi connectivity index (χ2v) is 11.7. The van der Waals surface area contributed by atoms with E-state index in [0.717, 1.165) is 42.4 Å². The van der Waals surface area contributed by atoms with Gasteiger partial charge in [-0.15, -0.1) is 0 Å². The third-order valence-corrected chi connectivity index (χ3v) is 8.32. The third kappa shape index (κ3) is 6.60. The molecule has 0 bridgehead atoms. The Morgan fingerprint density at radius 2 is 1.93 bits per heavy atom. The summed E-state index contributed by atoms with van der Waals surface area (Å²) in [7, 11) is 0. The first kappa shape index (κ1) is 28.8. The third-order valence-electron chi connectivity index (χ3n) is 8.32. The minimum absolute atomic E-state index is 0.0162. The van der Waals surface area contributed by atoms with Gasteiger partial charge < -0.3 is 20.0 Å². The Labute approximate surface area is 242 Å². The van der Waals surface area contributed by atoms with Crippen molar-refractivity contribution in [1.82, 2.24) is 20.0 Å². The predicted octanol–water partition coefficient (Wildman–Crippen LogP) is 5.37. The lowest BCUT2D eigenvalue weighted by molar-refractivity contribution is 0.0917. The van der Waals surface area contributed by atoms with Crippen molar-refractivity contribution in [3.63, 3.8) is 0 Å². The highest BCUT2D eigenvalue weighted by atomic mass is 19.1. The molecule has 8 nitrogen and oxygen atoms in total. The summed E-state index contributed by atoms with van der Waals surface area (Å²) in [5.74, 6) is -0.367. The summed E-state index contributed by atoms with van der Waals surface area (Å²) >= 11 is 0. The van der Waals surface area contributed by atoms with E-state index in [2.05, 4.69) is 24.7 Å². The number of rotatable bonds is 8. The molecule has 5 rings (SSSR count). The summed E-state index contributed by atoms with van der Waals surface area (Å²) in [6.07, 6.45) is 14.9. The predicted molar refractivity (Wildman–Crippen MR) is 158 cm³/mol. The first-order valence-electron chi connectivity index (χ1n) is 14.7. The van der Waals surface area contributed by atoms with Gasteiger partial charge >= 0.3 is 6.03 Å². The lowest BCUT2D eigenvalue weighted by atomic mass is 9.86. The van der Waals surface area contributed by atoms with Crippen LogP contribution in [0.1, 0.15) is 73.9 Å². The molecule has 0 saturated carbocycles. The van der Waals surface area contributed by atoms with Gasteiger partial charge in [-0.25, -0.2) is 9.18 Å². The summed E-state index contributed by atoms with van der Waals surface area (Å²) in [6.45, 7) is 6.79. The summed E-state index contributed by atoms with van der Waals surface area (Å²) in [5.41, 5.74) is 2.77. The van der Waals surface area contributed by atoms with Crippen LogP contribution in [0.2, 0.25) is 0 Å². The van der Waals surface area contributed by atoms with Crippen LogP contribution in [-0.2, 0) is 13.0 Å². The van der Waals surface area contributed by atoms with Gasteiger partial charge in [0.1, 0.15) is 17.5 Å². The zero-order valence-corrected chi connectivity index (χ0v) is 24.1. The van der Waals surface area contributed by atoms with Crippen molar-refractivity contribution in [2.24, 2.45) is 0 Å². The first-order chi connectivity index (χ1) is 19.7. The largest absolute Gasteiger partial charge is 0.343 e. The average molecular weight is 560 g/mol. The first-order valence-corrected chi connectivity index (χ1v) is 14.7. The Morgan fingerprint density at radius 1 is 1.12 bits per heavy atom. The molecule has 1 aromatic carbocycles. The van der Waals surface area contributed by atoms with Gasteiger partial charge in [0, 0.05) is 52.0 Å². The molecular formula is C32H40FN6O2. The lowest BCUT2D eigenvalue weighted by Gasteiger charge is -2.36. The smallest absolute Gasteiger partial charge is 0.320 e. The van der Waals surface area contributed by atoms with Gasteiger partial charge in [0.25, 0.3) is 5.91 Å². The summed E-state index contributed by atoms with van der Waals surface area (Å²) in [4.78, 5) is 32.2. The topological polar surface area (TPSA) is 104 Å². The van der Waals surface area contributed by atoms with Gasteiger partial charge in [-0.1, -0.05) is 36.8 Å². The lowest BCUT2D eigenvalue weighted by Crippen LogP contribution is -2.48. The van der Waals surface area contributed by atoms with Gasteiger partial charge in [-0.05, 0) is 67.9 Å². The summed E-state index contributed by atoms with van der Waals surface area (Å²) < 4.78 is 15.2. The second-order valence-electron chi connectivity index (χ2n) is 11.7. The van der Waals surface area contributed by atoms with Crippen molar-refractivity contribution in [3.8, 4) is 0 Å². The number of carbonyl (C=O) groups excluding carboxylic acids is 2. The van der Waals surface area contributed by atoms with Crippen LogP contribution in [0.25, 0.3) is 0 Å². The van der Waals surface area contributed by atoms with E-state index in [1.54, 1.807) is 15.9 Å². The quantitative estimate of drug-likeness (QED) is 0.295. The number of fused-ring (bicyclic) bond motifs is 1. The fourth-order valence-corrected chi connectivity index (χ4v) is 5.90. The Balaban J connectivity index is 1.26. The van der Waals surface area contributed by atoms with Gasteiger partial charge in [-0.2, -0.15) is 0 Å². The number of hydrogen-bond acceptors (Lipinski definition) is 4. The van der Waals surface area contributed by atoms with Crippen LogP contribution >= 0.6 is 0 Å². The van der Waals surface area contributed by atoms with Crippen molar-refractivity contribution in [2.75, 3.05) is 26.2 Å². The molecule has 1 unspecified atom stereocenters. The minimum Gasteiger partial charge on any atom is -0.343 e. The van der Waals surface area contributed by atoms with Gasteiger partial charge in [0.15, 0.2) is 0 Å². The number of piperidine rings is 1. The normalized spacial score (nSPS) is 21.6. The van der Waals surface area contributed by atoms with Gasteiger partial charge in [0.05, 0.1) is 11.1 Å². The number of likely N-dealkylation sites (tertiary alicyclic amines) is 1. The molecule has 0 spiro atoms. The van der Waals surface area contributed by atoms with Crippen molar-refractivity contribution < 1.29 is 14.0 Å². The number of nitrogens with zero attached hydrogens (tertiary/aromatic N) is 3. The van der Waals surface area contributed by atoms with E-state index in [1.165, 1.54) is 11.6 Å². The number of benzene rings is 1. The molecule has 2 aliphatic heterocycles. The molecule has 1 radical (unpaired) electrons. The molecule has 41 heavy (non-hydrogen) atoms. The molecular weight excluding hydrogens is 519 g/mol. The molecule has 2 heterocycles. The highest BCUT2D eigenvalue weighted by Crippen LogP contribution is 2.29. The molecule has 3 amide bonds. The number of halogens is 1. The van der Waals surface area contributed by atoms with Crippen LogP contribution in [0.15, 0.2) is 47.6 Å². The number of amides is 3. The fraction of sp³-hybridized carbons (Fsp3) is 0.469. The molecule has 217 valence electrons. The van der Waals surface area contributed by atoms with E-state index in [0.29, 0.717) is 57.8 Å². The Bertz CT molecular complexity index is 1350. The second kappa shape index (κ2) is 12.0. The van der Waals surface area contributed by atoms with Crippen LogP contribution in [0.3, 0.4) is 0 Å². The van der Waals surface area contributed by atoms with Crippen LogP contribution in [0, 0.1) is 23.1 Å². The van der Waals surface area contributed by atoms with Crippen molar-refractivity contribution in [2.45, 2.75) is 70.9 Å². The summed E-state index contributed by atoms with van der Waals surface area (Å²) in [6, 6.07) is 3.02. The summed E-state index contributed by atoms with van der Waals surface area (Å²) in [5, 5.41) is 19.9. The van der Waals surface area contributed by atoms with Gasteiger partial charge in [-0.3, -0.25) is 15.6 Å². The maximum absolute atomic E-state index is 15.2. The van der Waals surface area contributed by atoms with E-state index in [9.17, 15) is 9.59 Å². The van der Waals surface area contributed by atoms with E-state index < -0.39 is 17.3 Å². The zero-order chi connectivity index (χ0) is 29.1. The SMILES string of the molecule is CCCN(CCC1=C[CH]1)C(=O)N1CCc2cc(F)c(C(=O)NC3(C)C=CC=C(C(=N)N4CCCCC4=N)C3)cc2C1. The van der Waals surface area contributed by atoms with Crippen LogP contribution in [0.4, 0.5) is 9.18 Å². The highest BCUT2D eigenvalue weighted by molar-refractivity contribution is 6.07. The van der Waals surface area contributed by atoms with Crippen LogP contribution in [0.5, 0.6) is 0 Å². The molecule has 9 heteroatoms. The molecule has 0 aromatic heterocycles. The Morgan fingerprint density at radius 3 is 2.66 bits per heavy atom. The molecule has 4 aliphatic rings. The number of amidine groups is 2. The van der Waals surface area contributed by atoms with Crippen molar-refractivity contribution >= 4 is 23.6 Å².